The van der Waals surface area contributed by atoms with Crippen molar-refractivity contribution in [2.75, 3.05) is 44.9 Å². The summed E-state index contributed by atoms with van der Waals surface area (Å²) in [6, 6.07) is 5.13. The number of rotatable bonds is 5. The number of benzene rings is 2. The Hall–Kier alpha value is -4.34. The minimum atomic E-state index is -0.985. The molecule has 2 saturated heterocycles. The van der Waals surface area contributed by atoms with Crippen LogP contribution in [0.15, 0.2) is 24.3 Å². The van der Waals surface area contributed by atoms with Gasteiger partial charge in [0.05, 0.1) is 23.2 Å². The van der Waals surface area contributed by atoms with Crippen molar-refractivity contribution in [2.24, 2.45) is 0 Å². The van der Waals surface area contributed by atoms with Crippen LogP contribution in [0.25, 0.3) is 32.9 Å². The van der Waals surface area contributed by atoms with Gasteiger partial charge in [-0.2, -0.15) is 9.97 Å². The molecule has 2 N–H and O–H groups in total. The Labute approximate surface area is 251 Å². The molecule has 44 heavy (non-hydrogen) atoms. The highest BCUT2D eigenvalue weighted by atomic mass is 19.1. The molecular formula is C32H30F3N5O4. The van der Waals surface area contributed by atoms with Gasteiger partial charge in [0.15, 0.2) is 5.82 Å². The van der Waals surface area contributed by atoms with Gasteiger partial charge in [0.1, 0.15) is 53.4 Å². The first-order valence-electron chi connectivity index (χ1n) is 14.4. The zero-order valence-electron chi connectivity index (χ0n) is 24.2. The van der Waals surface area contributed by atoms with Crippen LogP contribution in [0.2, 0.25) is 0 Å². The molecule has 0 bridgehead atoms. The largest absolute Gasteiger partial charge is 0.508 e. The molecule has 3 aliphatic heterocycles. The molecule has 3 atom stereocenters. The summed E-state index contributed by atoms with van der Waals surface area (Å²) in [7, 11) is 1.69. The number of aliphatic hydroxyl groups is 1. The molecule has 2 fully saturated rings. The summed E-state index contributed by atoms with van der Waals surface area (Å²) < 4.78 is 58.2. The van der Waals surface area contributed by atoms with Gasteiger partial charge in [-0.1, -0.05) is 12.0 Å². The van der Waals surface area contributed by atoms with E-state index in [0.29, 0.717) is 18.4 Å². The lowest BCUT2D eigenvalue weighted by Gasteiger charge is -2.36. The van der Waals surface area contributed by atoms with Crippen molar-refractivity contribution in [1.29, 1.82) is 0 Å². The van der Waals surface area contributed by atoms with E-state index in [0.717, 1.165) is 19.4 Å². The number of likely N-dealkylation sites (N-methyl/N-ethyl adjacent to an activating group) is 1. The number of fused-ring (bicyclic) bond motifs is 2. The van der Waals surface area contributed by atoms with Crippen LogP contribution in [0.4, 0.5) is 19.0 Å². The van der Waals surface area contributed by atoms with Gasteiger partial charge in [-0.3, -0.25) is 4.90 Å². The fourth-order valence-electron chi connectivity index (χ4n) is 6.82. The van der Waals surface area contributed by atoms with Gasteiger partial charge >= 0.3 is 6.01 Å². The molecule has 7 rings (SSSR count). The summed E-state index contributed by atoms with van der Waals surface area (Å²) in [5.41, 5.74) is -2.03. The van der Waals surface area contributed by atoms with E-state index in [-0.39, 0.29) is 76.4 Å². The molecule has 0 aliphatic carbocycles. The molecule has 4 aromatic rings. The SMILES string of the molecule is C#Cc1c(F)ccc2cc(O)cc(-c3nc4c5c(nc(OC[C@@]67CCCN6C[C@H](F)C7)nc5c3F)N(C)[C@@](C)(CO)CO4)c12. The van der Waals surface area contributed by atoms with Crippen molar-refractivity contribution < 1.29 is 32.9 Å². The lowest BCUT2D eigenvalue weighted by molar-refractivity contribution is 0.107. The summed E-state index contributed by atoms with van der Waals surface area (Å²) in [5, 5.41) is 21.6. The smallest absolute Gasteiger partial charge is 0.319 e. The maximum atomic E-state index is 16.8. The molecule has 2 aromatic carbocycles. The number of ether oxygens (including phenoxy) is 2. The number of alkyl halides is 1. The van der Waals surface area contributed by atoms with Crippen LogP contribution in [-0.2, 0) is 0 Å². The highest BCUT2D eigenvalue weighted by molar-refractivity contribution is 6.04. The van der Waals surface area contributed by atoms with Crippen molar-refractivity contribution in [1.82, 2.24) is 19.9 Å². The van der Waals surface area contributed by atoms with Crippen LogP contribution in [-0.4, -0.2) is 87.3 Å². The number of nitrogens with zero attached hydrogens (tertiary/aromatic N) is 5. The minimum absolute atomic E-state index is 0.0197. The van der Waals surface area contributed by atoms with Crippen molar-refractivity contribution in [3.63, 3.8) is 0 Å². The molecule has 9 nitrogen and oxygen atoms in total. The summed E-state index contributed by atoms with van der Waals surface area (Å²) in [4.78, 5) is 17.3. The first-order chi connectivity index (χ1) is 21.1. The number of anilines is 1. The zero-order chi connectivity index (χ0) is 31.0. The van der Waals surface area contributed by atoms with Gasteiger partial charge in [0.25, 0.3) is 0 Å². The number of hydrogen-bond donors (Lipinski definition) is 2. The lowest BCUT2D eigenvalue weighted by Crippen LogP contribution is -2.51. The number of phenolic OH excluding ortho intramolecular Hbond substituents is 1. The second kappa shape index (κ2) is 10.1. The first kappa shape index (κ1) is 28.4. The van der Waals surface area contributed by atoms with Crippen molar-refractivity contribution in [3.8, 4) is 41.2 Å². The summed E-state index contributed by atoms with van der Waals surface area (Å²) >= 11 is 0. The van der Waals surface area contributed by atoms with Gasteiger partial charge < -0.3 is 24.6 Å². The van der Waals surface area contributed by atoms with Gasteiger partial charge in [-0.05, 0) is 49.9 Å². The van der Waals surface area contributed by atoms with E-state index >= 15 is 4.39 Å². The highest BCUT2D eigenvalue weighted by Crippen LogP contribution is 2.45. The molecule has 0 saturated carbocycles. The van der Waals surface area contributed by atoms with Crippen LogP contribution >= 0.6 is 0 Å². The molecule has 228 valence electrons. The Morgan fingerprint density at radius 3 is 2.80 bits per heavy atom. The number of hydrogen-bond acceptors (Lipinski definition) is 9. The third kappa shape index (κ3) is 4.21. The quantitative estimate of drug-likeness (QED) is 0.322. The fraction of sp³-hybridized carbons (Fsp3) is 0.406. The predicted molar refractivity (Wildman–Crippen MR) is 158 cm³/mol. The van der Waals surface area contributed by atoms with Crippen molar-refractivity contribution in [2.45, 2.75) is 43.4 Å². The number of terminal acetylenes is 1. The Balaban J connectivity index is 1.45. The van der Waals surface area contributed by atoms with E-state index in [4.69, 9.17) is 15.9 Å². The van der Waals surface area contributed by atoms with Crippen LogP contribution in [0.5, 0.6) is 17.6 Å². The summed E-state index contributed by atoms with van der Waals surface area (Å²) in [6.07, 6.45) is 6.71. The fourth-order valence-corrected chi connectivity index (χ4v) is 6.82. The highest BCUT2D eigenvalue weighted by Gasteiger charge is 2.49. The summed E-state index contributed by atoms with van der Waals surface area (Å²) in [5.74, 6) is 0.738. The Morgan fingerprint density at radius 2 is 2.02 bits per heavy atom. The lowest BCUT2D eigenvalue weighted by atomic mass is 9.95. The van der Waals surface area contributed by atoms with E-state index in [1.807, 2.05) is 0 Å². The van der Waals surface area contributed by atoms with Crippen LogP contribution in [0, 0.1) is 24.0 Å². The molecule has 3 aliphatic rings. The number of phenols is 1. The normalized spacial score (nSPS) is 24.8. The maximum absolute atomic E-state index is 16.8. The van der Waals surface area contributed by atoms with Crippen LogP contribution in [0.1, 0.15) is 31.7 Å². The van der Waals surface area contributed by atoms with E-state index in [1.165, 1.54) is 24.3 Å². The number of pyridine rings is 1. The molecule has 0 amide bonds. The zero-order valence-corrected chi connectivity index (χ0v) is 24.2. The van der Waals surface area contributed by atoms with E-state index in [2.05, 4.69) is 25.8 Å². The van der Waals surface area contributed by atoms with E-state index in [1.54, 1.807) is 18.9 Å². The van der Waals surface area contributed by atoms with E-state index < -0.39 is 28.9 Å². The number of aromatic nitrogens is 3. The maximum Gasteiger partial charge on any atom is 0.319 e. The molecule has 0 radical (unpaired) electrons. The molecule has 0 unspecified atom stereocenters. The second-order valence-electron chi connectivity index (χ2n) is 12.2. The topological polar surface area (TPSA) is 104 Å². The molecule has 2 aromatic heterocycles. The average molecular weight is 606 g/mol. The Morgan fingerprint density at radius 1 is 1.20 bits per heavy atom. The van der Waals surface area contributed by atoms with Crippen LogP contribution in [0.3, 0.4) is 0 Å². The monoisotopic (exact) mass is 605 g/mol. The third-order valence-electron chi connectivity index (χ3n) is 9.38. The number of halogens is 3. The predicted octanol–water partition coefficient (Wildman–Crippen LogP) is 4.34. The number of aromatic hydroxyl groups is 1. The second-order valence-corrected chi connectivity index (χ2v) is 12.2. The van der Waals surface area contributed by atoms with Gasteiger partial charge in [-0.25, -0.2) is 18.2 Å². The standard InChI is InChI=1S/C32H30F3N5O4/c1-4-20-22(34)7-6-17-10-19(42)11-21(23(17)20)26-25(35)27-24-28(39(3)31(2,14-41)15-43-29(24)36-26)38-30(37-27)44-16-32-8-5-9-40(32)13-18(33)12-32/h1,6-7,10-11,18,41-42H,5,8-9,12-16H2,2-3H3/t18-,31+,32+/m1/s1. The van der Waals surface area contributed by atoms with E-state index in [9.17, 15) is 19.0 Å². The van der Waals surface area contributed by atoms with Gasteiger partial charge in [-0.15, -0.1) is 6.42 Å². The van der Waals surface area contributed by atoms with Gasteiger partial charge in [0.2, 0.25) is 5.88 Å². The number of aliphatic hydroxyl groups excluding tert-OH is 1. The van der Waals surface area contributed by atoms with Crippen molar-refractivity contribution >= 4 is 27.5 Å². The first-order valence-corrected chi connectivity index (χ1v) is 14.4. The molecular weight excluding hydrogens is 575 g/mol. The third-order valence-corrected chi connectivity index (χ3v) is 9.38. The van der Waals surface area contributed by atoms with Crippen LogP contribution < -0.4 is 14.4 Å². The summed E-state index contributed by atoms with van der Waals surface area (Å²) in [6.45, 7) is 2.61. The average Bonchev–Trinajstić information content (AvgIpc) is 3.51. The molecule has 0 spiro atoms. The van der Waals surface area contributed by atoms with Crippen molar-refractivity contribution in [3.05, 3.63) is 41.5 Å². The Bertz CT molecular complexity index is 1880. The molecule has 12 heteroatoms. The van der Waals surface area contributed by atoms with Gasteiger partial charge in [0, 0.05) is 31.0 Å². The Kier molecular flexibility index (Phi) is 6.53. The minimum Gasteiger partial charge on any atom is -0.508 e. The molecule has 5 heterocycles.